The van der Waals surface area contributed by atoms with Crippen LogP contribution < -0.4 is 4.84 Å². The second-order valence-electron chi connectivity index (χ2n) is 4.46. The maximum absolute atomic E-state index is 12.6. The van der Waals surface area contributed by atoms with Gasteiger partial charge in [0.05, 0.1) is 11.8 Å². The molecular weight excluding hydrogens is 427 g/mol. The van der Waals surface area contributed by atoms with Crippen LogP contribution in [0.15, 0.2) is 50.5 Å². The Morgan fingerprint density at radius 3 is 2.32 bits per heavy atom. The highest BCUT2D eigenvalue weighted by Crippen LogP contribution is 2.31. The van der Waals surface area contributed by atoms with Crippen LogP contribution in [0.5, 0.6) is 5.75 Å². The molecule has 2 aromatic rings. The first-order valence-electron chi connectivity index (χ1n) is 6.10. The van der Waals surface area contributed by atoms with Crippen molar-refractivity contribution < 1.29 is 18.0 Å². The van der Waals surface area contributed by atoms with E-state index in [4.69, 9.17) is 4.84 Å². The first kappa shape index (κ1) is 17.0. The van der Waals surface area contributed by atoms with E-state index in [0.717, 1.165) is 32.2 Å². The van der Waals surface area contributed by atoms with E-state index < -0.39 is 11.7 Å². The van der Waals surface area contributed by atoms with Crippen molar-refractivity contribution >= 4 is 38.1 Å². The van der Waals surface area contributed by atoms with Crippen LogP contribution in [0.2, 0.25) is 0 Å². The van der Waals surface area contributed by atoms with Gasteiger partial charge in [0.1, 0.15) is 0 Å². The van der Waals surface area contributed by atoms with Gasteiger partial charge in [-0.05, 0) is 48.4 Å². The summed E-state index contributed by atoms with van der Waals surface area (Å²) in [5.74, 6) is 0.0244. The molecular formula is C15H10Br2F3NO. The van der Waals surface area contributed by atoms with Gasteiger partial charge in [0.25, 0.3) is 0 Å². The molecule has 0 bridgehead atoms. The van der Waals surface area contributed by atoms with Gasteiger partial charge in [-0.2, -0.15) is 13.2 Å². The van der Waals surface area contributed by atoms with Crippen LogP contribution in [0.1, 0.15) is 16.7 Å². The summed E-state index contributed by atoms with van der Waals surface area (Å²) in [6.45, 7) is 1.94. The monoisotopic (exact) mass is 435 g/mol. The van der Waals surface area contributed by atoms with Crippen LogP contribution in [0, 0.1) is 6.92 Å². The SMILES string of the molecule is Cc1c(Br)cc(/C=N/Oc2cccc(C(F)(F)F)c2)cc1Br. The standard InChI is InChI=1S/C15H10Br2F3NO/c1-9-13(16)5-10(6-14(9)17)8-21-22-12-4-2-3-11(7-12)15(18,19)20/h2-8H,1H3/b21-8+. The number of alkyl halides is 3. The van der Waals surface area contributed by atoms with Crippen molar-refractivity contribution in [3.63, 3.8) is 0 Å². The molecule has 22 heavy (non-hydrogen) atoms. The largest absolute Gasteiger partial charge is 0.416 e. The minimum atomic E-state index is -4.41. The molecule has 2 nitrogen and oxygen atoms in total. The van der Waals surface area contributed by atoms with Gasteiger partial charge < -0.3 is 4.84 Å². The molecule has 0 heterocycles. The fourth-order valence-corrected chi connectivity index (χ4v) is 2.84. The Morgan fingerprint density at radius 1 is 1.09 bits per heavy atom. The fraction of sp³-hybridized carbons (Fsp3) is 0.133. The predicted molar refractivity (Wildman–Crippen MR) is 86.2 cm³/mol. The zero-order valence-corrected chi connectivity index (χ0v) is 14.5. The smallest absolute Gasteiger partial charge is 0.357 e. The van der Waals surface area contributed by atoms with Crippen LogP contribution in [-0.4, -0.2) is 6.21 Å². The van der Waals surface area contributed by atoms with E-state index in [-0.39, 0.29) is 5.75 Å². The Hall–Kier alpha value is -1.34. The van der Waals surface area contributed by atoms with Crippen LogP contribution >= 0.6 is 31.9 Å². The average Bonchev–Trinajstić information content (AvgIpc) is 2.44. The number of rotatable bonds is 3. The second kappa shape index (κ2) is 6.83. The van der Waals surface area contributed by atoms with E-state index in [1.54, 1.807) is 0 Å². The number of oxime groups is 1. The van der Waals surface area contributed by atoms with E-state index in [1.807, 2.05) is 19.1 Å². The molecule has 0 saturated heterocycles. The van der Waals surface area contributed by atoms with E-state index in [0.29, 0.717) is 0 Å². The lowest BCUT2D eigenvalue weighted by Gasteiger charge is -2.07. The van der Waals surface area contributed by atoms with Gasteiger partial charge >= 0.3 is 6.18 Å². The third-order valence-electron chi connectivity index (χ3n) is 2.82. The highest BCUT2D eigenvalue weighted by Gasteiger charge is 2.30. The molecule has 2 rings (SSSR count). The Kier molecular flexibility index (Phi) is 5.28. The van der Waals surface area contributed by atoms with Crippen LogP contribution in [0.3, 0.4) is 0 Å². The lowest BCUT2D eigenvalue weighted by molar-refractivity contribution is -0.137. The Balaban J connectivity index is 2.13. The Labute approximate surface area is 142 Å². The summed E-state index contributed by atoms with van der Waals surface area (Å²) in [6.07, 6.45) is -2.98. The van der Waals surface area contributed by atoms with E-state index in [2.05, 4.69) is 37.0 Å². The van der Waals surface area contributed by atoms with E-state index in [1.165, 1.54) is 18.3 Å². The molecule has 0 aliphatic carbocycles. The lowest BCUT2D eigenvalue weighted by atomic mass is 10.2. The van der Waals surface area contributed by atoms with E-state index in [9.17, 15) is 13.2 Å². The molecule has 116 valence electrons. The molecule has 0 aromatic heterocycles. The van der Waals surface area contributed by atoms with Crippen LogP contribution in [0.4, 0.5) is 13.2 Å². The molecule has 0 saturated carbocycles. The zero-order valence-electron chi connectivity index (χ0n) is 11.3. The van der Waals surface area contributed by atoms with E-state index >= 15 is 0 Å². The van der Waals surface area contributed by atoms with Gasteiger partial charge in [0.2, 0.25) is 0 Å². The molecule has 0 N–H and O–H groups in total. The number of halogens is 5. The van der Waals surface area contributed by atoms with Gasteiger partial charge in [-0.3, -0.25) is 0 Å². The summed E-state index contributed by atoms with van der Waals surface area (Å²) >= 11 is 6.82. The predicted octanol–water partition coefficient (Wildman–Crippen LogP) is 5.95. The van der Waals surface area contributed by atoms with Gasteiger partial charge in [-0.25, -0.2) is 0 Å². The first-order valence-corrected chi connectivity index (χ1v) is 7.69. The maximum Gasteiger partial charge on any atom is 0.416 e. The Bertz CT molecular complexity index is 691. The molecule has 0 radical (unpaired) electrons. The first-order chi connectivity index (χ1) is 10.3. The molecule has 2 aromatic carbocycles. The van der Waals surface area contributed by atoms with Gasteiger partial charge in [0, 0.05) is 8.95 Å². The summed E-state index contributed by atoms with van der Waals surface area (Å²) in [5.41, 5.74) is 1.01. The van der Waals surface area contributed by atoms with Crippen molar-refractivity contribution in [1.82, 2.24) is 0 Å². The molecule has 0 unspecified atom stereocenters. The van der Waals surface area contributed by atoms with Crippen molar-refractivity contribution in [3.05, 3.63) is 62.0 Å². The molecule has 7 heteroatoms. The van der Waals surface area contributed by atoms with Crippen molar-refractivity contribution in [2.75, 3.05) is 0 Å². The quantitative estimate of drug-likeness (QED) is 0.430. The summed E-state index contributed by atoms with van der Waals surface area (Å²) in [7, 11) is 0. The normalized spacial score (nSPS) is 11.9. The molecule has 0 fully saturated rings. The maximum atomic E-state index is 12.6. The number of hydrogen-bond acceptors (Lipinski definition) is 2. The van der Waals surface area contributed by atoms with Crippen molar-refractivity contribution in [1.29, 1.82) is 0 Å². The highest BCUT2D eigenvalue weighted by molar-refractivity contribution is 9.11. The van der Waals surface area contributed by atoms with Gasteiger partial charge in [-0.15, -0.1) is 0 Å². The van der Waals surface area contributed by atoms with Crippen LogP contribution in [0.25, 0.3) is 0 Å². The number of hydrogen-bond donors (Lipinski definition) is 0. The van der Waals surface area contributed by atoms with Crippen molar-refractivity contribution in [2.45, 2.75) is 13.1 Å². The molecule has 0 aliphatic heterocycles. The molecule has 0 amide bonds. The fourth-order valence-electron chi connectivity index (χ4n) is 1.62. The minimum absolute atomic E-state index is 0.0244. The number of nitrogens with zero attached hydrogens (tertiary/aromatic N) is 1. The second-order valence-corrected chi connectivity index (χ2v) is 6.17. The third-order valence-corrected chi connectivity index (χ3v) is 4.47. The van der Waals surface area contributed by atoms with Crippen molar-refractivity contribution in [2.24, 2.45) is 5.16 Å². The number of benzene rings is 2. The summed E-state index contributed by atoms with van der Waals surface area (Å²) in [6, 6.07) is 8.22. The molecule has 0 spiro atoms. The summed E-state index contributed by atoms with van der Waals surface area (Å²) < 4.78 is 39.5. The topological polar surface area (TPSA) is 21.6 Å². The minimum Gasteiger partial charge on any atom is -0.357 e. The van der Waals surface area contributed by atoms with Crippen LogP contribution in [-0.2, 0) is 6.18 Å². The highest BCUT2D eigenvalue weighted by atomic mass is 79.9. The van der Waals surface area contributed by atoms with Gasteiger partial charge in [-0.1, -0.05) is 43.1 Å². The zero-order chi connectivity index (χ0) is 16.3. The average molecular weight is 437 g/mol. The lowest BCUT2D eigenvalue weighted by Crippen LogP contribution is -2.04. The summed E-state index contributed by atoms with van der Waals surface area (Å²) in [5, 5.41) is 3.71. The van der Waals surface area contributed by atoms with Gasteiger partial charge in [0.15, 0.2) is 5.75 Å². The summed E-state index contributed by atoms with van der Waals surface area (Å²) in [4.78, 5) is 4.99. The Morgan fingerprint density at radius 2 is 1.73 bits per heavy atom. The van der Waals surface area contributed by atoms with Crippen molar-refractivity contribution in [3.8, 4) is 5.75 Å². The molecule has 0 atom stereocenters. The third kappa shape index (κ3) is 4.33. The molecule has 0 aliphatic rings.